The minimum atomic E-state index is -0.945. The predicted molar refractivity (Wildman–Crippen MR) is 181 cm³/mol. The van der Waals surface area contributed by atoms with E-state index in [0.29, 0.717) is 33.4 Å². The number of halogens is 1. The predicted octanol–water partition coefficient (Wildman–Crippen LogP) is 7.42. The Balaban J connectivity index is 1.19. The summed E-state index contributed by atoms with van der Waals surface area (Å²) in [7, 11) is 1.64. The van der Waals surface area contributed by atoms with E-state index < -0.39 is 11.9 Å². The first-order valence-electron chi connectivity index (χ1n) is 15.1. The Labute approximate surface area is 271 Å². The molecule has 0 saturated carbocycles. The van der Waals surface area contributed by atoms with Crippen molar-refractivity contribution in [3.05, 3.63) is 168 Å². The Kier molecular flexibility index (Phi) is 9.11. The molecule has 6 rings (SSSR count). The quantitative estimate of drug-likeness (QED) is 0.176. The Morgan fingerprint density at radius 2 is 1.43 bits per heavy atom. The number of carbonyl (C=O) groups is 3. The molecule has 2 N–H and O–H groups in total. The first kappa shape index (κ1) is 30.9. The van der Waals surface area contributed by atoms with Gasteiger partial charge >= 0.3 is 0 Å². The van der Waals surface area contributed by atoms with E-state index in [1.165, 1.54) is 17.0 Å². The number of hydrogen-bond acceptors (Lipinski definition) is 4. The molecule has 0 spiro atoms. The molecule has 232 valence electrons. The molecular weight excluding hydrogens is 591 g/mol. The lowest BCUT2D eigenvalue weighted by Gasteiger charge is -2.25. The van der Waals surface area contributed by atoms with Crippen LogP contribution in [-0.4, -0.2) is 34.7 Å². The van der Waals surface area contributed by atoms with Crippen molar-refractivity contribution >= 4 is 34.4 Å². The number of benzene rings is 5. The van der Waals surface area contributed by atoms with Crippen molar-refractivity contribution in [1.82, 2.24) is 15.2 Å². The van der Waals surface area contributed by atoms with Crippen molar-refractivity contribution < 1.29 is 18.8 Å². The van der Waals surface area contributed by atoms with Crippen LogP contribution in [0.25, 0.3) is 22.0 Å². The van der Waals surface area contributed by atoms with Crippen LogP contribution in [0.2, 0.25) is 0 Å². The van der Waals surface area contributed by atoms with Gasteiger partial charge < -0.3 is 15.5 Å². The van der Waals surface area contributed by atoms with Crippen LogP contribution in [0.15, 0.2) is 140 Å². The number of likely N-dealkylation sites (N-methyl/N-ethyl adjacent to an activating group) is 1. The van der Waals surface area contributed by atoms with Gasteiger partial charge in [0, 0.05) is 30.1 Å². The second-order valence-electron chi connectivity index (χ2n) is 11.1. The Bertz CT molecular complexity index is 2050. The summed E-state index contributed by atoms with van der Waals surface area (Å²) in [6.07, 6.45) is 0. The average molecular weight is 623 g/mol. The molecule has 0 aliphatic rings. The first-order chi connectivity index (χ1) is 22.9. The van der Waals surface area contributed by atoms with E-state index in [4.69, 9.17) is 0 Å². The number of carbonyl (C=O) groups excluding carboxylic acids is 3. The molecule has 6 aromatic rings. The molecule has 3 amide bonds. The maximum Gasteiger partial charge on any atom is 0.257 e. The number of anilines is 1. The highest BCUT2D eigenvalue weighted by Gasteiger charge is 2.26. The van der Waals surface area contributed by atoms with E-state index in [1.807, 2.05) is 54.6 Å². The maximum absolute atomic E-state index is 13.6. The molecule has 0 fully saturated rings. The van der Waals surface area contributed by atoms with Crippen LogP contribution in [0, 0.1) is 5.82 Å². The van der Waals surface area contributed by atoms with Crippen molar-refractivity contribution in [3.63, 3.8) is 0 Å². The summed E-state index contributed by atoms with van der Waals surface area (Å²) in [5, 5.41) is 6.48. The average Bonchev–Trinajstić information content (AvgIpc) is 3.11. The highest BCUT2D eigenvalue weighted by Crippen LogP contribution is 2.25. The summed E-state index contributed by atoms with van der Waals surface area (Å²) >= 11 is 0. The number of pyridine rings is 1. The largest absolute Gasteiger partial charge is 0.339 e. The van der Waals surface area contributed by atoms with Crippen LogP contribution in [0.3, 0.4) is 0 Å². The minimum Gasteiger partial charge on any atom is -0.339 e. The maximum atomic E-state index is 13.6. The van der Waals surface area contributed by atoms with Crippen molar-refractivity contribution in [1.29, 1.82) is 0 Å². The van der Waals surface area contributed by atoms with Crippen molar-refractivity contribution in [2.45, 2.75) is 12.6 Å². The summed E-state index contributed by atoms with van der Waals surface area (Å²) in [4.78, 5) is 46.5. The molecule has 7 nitrogen and oxygen atoms in total. The zero-order valence-electron chi connectivity index (χ0n) is 25.6. The normalized spacial score (nSPS) is 11.4. The van der Waals surface area contributed by atoms with E-state index in [0.717, 1.165) is 16.7 Å². The number of nitrogens with one attached hydrogen (secondary N) is 2. The smallest absolute Gasteiger partial charge is 0.257 e. The molecule has 1 aromatic heterocycles. The van der Waals surface area contributed by atoms with Gasteiger partial charge in [-0.05, 0) is 70.8 Å². The van der Waals surface area contributed by atoms with E-state index in [1.54, 1.807) is 79.8 Å². The fourth-order valence-corrected chi connectivity index (χ4v) is 5.38. The number of nitrogens with zero attached hydrogens (tertiary/aromatic N) is 2. The second kappa shape index (κ2) is 13.9. The second-order valence-corrected chi connectivity index (χ2v) is 11.1. The van der Waals surface area contributed by atoms with Crippen LogP contribution >= 0.6 is 0 Å². The SMILES string of the molecule is CN(Cc1ccc(F)cc1)C(=O)[C@@H](NC(=O)c1ccc2nc(NC(=O)c3ccccc3-c3ccccc3)ccc2c1)c1ccccc1. The summed E-state index contributed by atoms with van der Waals surface area (Å²) in [5.74, 6) is -1.01. The summed E-state index contributed by atoms with van der Waals surface area (Å²) in [6.45, 7) is 0.247. The third kappa shape index (κ3) is 7.23. The molecule has 0 aliphatic heterocycles. The van der Waals surface area contributed by atoms with Gasteiger partial charge in [0.05, 0.1) is 5.52 Å². The minimum absolute atomic E-state index is 0.247. The van der Waals surface area contributed by atoms with Crippen molar-refractivity contribution in [3.8, 4) is 11.1 Å². The highest BCUT2D eigenvalue weighted by molar-refractivity contribution is 6.08. The fourth-order valence-electron chi connectivity index (χ4n) is 5.38. The molecule has 5 aromatic carbocycles. The molecule has 0 bridgehead atoms. The third-order valence-corrected chi connectivity index (χ3v) is 7.81. The number of hydrogen-bond donors (Lipinski definition) is 2. The third-order valence-electron chi connectivity index (χ3n) is 7.81. The monoisotopic (exact) mass is 622 g/mol. The van der Waals surface area contributed by atoms with Gasteiger partial charge in [0.2, 0.25) is 5.91 Å². The van der Waals surface area contributed by atoms with Gasteiger partial charge in [-0.25, -0.2) is 9.37 Å². The van der Waals surface area contributed by atoms with Crippen LogP contribution in [0.5, 0.6) is 0 Å². The van der Waals surface area contributed by atoms with Gasteiger partial charge in [-0.15, -0.1) is 0 Å². The van der Waals surface area contributed by atoms with E-state index >= 15 is 0 Å². The Morgan fingerprint density at radius 3 is 2.17 bits per heavy atom. The van der Waals surface area contributed by atoms with Gasteiger partial charge in [-0.2, -0.15) is 0 Å². The molecule has 0 aliphatic carbocycles. The van der Waals surface area contributed by atoms with Gasteiger partial charge in [-0.3, -0.25) is 14.4 Å². The van der Waals surface area contributed by atoms with Crippen LogP contribution < -0.4 is 10.6 Å². The lowest BCUT2D eigenvalue weighted by Crippen LogP contribution is -2.41. The van der Waals surface area contributed by atoms with Gasteiger partial charge in [-0.1, -0.05) is 91.0 Å². The van der Waals surface area contributed by atoms with Gasteiger partial charge in [0.15, 0.2) is 0 Å². The molecule has 1 atom stereocenters. The lowest BCUT2D eigenvalue weighted by molar-refractivity contribution is -0.132. The number of aromatic nitrogens is 1. The Morgan fingerprint density at radius 1 is 0.745 bits per heavy atom. The number of fused-ring (bicyclic) bond motifs is 1. The highest BCUT2D eigenvalue weighted by atomic mass is 19.1. The molecule has 8 heteroatoms. The van der Waals surface area contributed by atoms with Crippen molar-refractivity contribution in [2.24, 2.45) is 0 Å². The van der Waals surface area contributed by atoms with Crippen LogP contribution in [-0.2, 0) is 11.3 Å². The topological polar surface area (TPSA) is 91.4 Å². The van der Waals surface area contributed by atoms with Crippen molar-refractivity contribution in [2.75, 3.05) is 12.4 Å². The molecule has 0 saturated heterocycles. The van der Waals surface area contributed by atoms with E-state index in [2.05, 4.69) is 15.6 Å². The zero-order chi connectivity index (χ0) is 32.8. The number of amides is 3. The van der Waals surface area contributed by atoms with Crippen LogP contribution in [0.4, 0.5) is 10.2 Å². The van der Waals surface area contributed by atoms with E-state index in [9.17, 15) is 18.8 Å². The number of rotatable bonds is 9. The van der Waals surface area contributed by atoms with Crippen LogP contribution in [0.1, 0.15) is 37.9 Å². The molecule has 1 heterocycles. The molecular formula is C39H31FN4O3. The van der Waals surface area contributed by atoms with E-state index in [-0.39, 0.29) is 24.2 Å². The summed E-state index contributed by atoms with van der Waals surface area (Å²) < 4.78 is 13.4. The zero-order valence-corrected chi connectivity index (χ0v) is 25.6. The van der Waals surface area contributed by atoms with Gasteiger partial charge in [0.25, 0.3) is 11.8 Å². The Hall–Kier alpha value is -6.15. The van der Waals surface area contributed by atoms with Gasteiger partial charge in [0.1, 0.15) is 17.7 Å². The fraction of sp³-hybridized carbons (Fsp3) is 0.0769. The standard InChI is InChI=1S/C39H31FN4O3/c1-44(25-26-16-20-31(40)21-17-26)39(47)36(28-12-6-3-7-13-28)43-37(45)30-18-22-34-29(24-30)19-23-35(41-34)42-38(46)33-15-9-8-14-32(33)27-10-4-2-5-11-27/h2-24,36H,25H2,1H3,(H,43,45)(H,41,42,46)/t36-/m0/s1. The summed E-state index contributed by atoms with van der Waals surface area (Å²) in [5.41, 5.74) is 4.61. The molecule has 0 unspecified atom stereocenters. The summed E-state index contributed by atoms with van der Waals surface area (Å²) in [6, 6.07) is 39.6. The molecule has 47 heavy (non-hydrogen) atoms. The first-order valence-corrected chi connectivity index (χ1v) is 15.1. The molecule has 0 radical (unpaired) electrons. The lowest BCUT2D eigenvalue weighted by atomic mass is 9.99.